The number of anilines is 2. The van der Waals surface area contributed by atoms with Gasteiger partial charge in [-0.1, -0.05) is 11.6 Å². The SMILES string of the molecule is COc1ccc(S(=O)(=O)Nc2ccc(C(=O)Nc3ccc(Cl)cc3)cc2C)cc1. The van der Waals surface area contributed by atoms with Crippen molar-refractivity contribution in [3.05, 3.63) is 82.9 Å². The third kappa shape index (κ3) is 5.07. The molecular weight excluding hydrogens is 412 g/mol. The molecule has 3 aromatic rings. The fraction of sp³-hybridized carbons (Fsp3) is 0.0952. The Kier molecular flexibility index (Phi) is 6.10. The number of benzene rings is 3. The average molecular weight is 431 g/mol. The zero-order chi connectivity index (χ0) is 21.0. The Bertz CT molecular complexity index is 1130. The molecule has 1 amide bonds. The number of hydrogen-bond acceptors (Lipinski definition) is 4. The number of ether oxygens (including phenoxy) is 1. The zero-order valence-electron chi connectivity index (χ0n) is 15.8. The number of carbonyl (C=O) groups excluding carboxylic acids is 1. The van der Waals surface area contributed by atoms with Crippen LogP contribution >= 0.6 is 11.6 Å². The van der Waals surface area contributed by atoms with Crippen LogP contribution in [0.25, 0.3) is 0 Å². The maximum Gasteiger partial charge on any atom is 0.261 e. The molecular formula is C21H19ClN2O4S. The molecule has 0 atom stereocenters. The van der Waals surface area contributed by atoms with E-state index in [0.717, 1.165) is 0 Å². The molecule has 0 aliphatic rings. The number of sulfonamides is 1. The van der Waals surface area contributed by atoms with E-state index in [4.69, 9.17) is 16.3 Å². The first kappa shape index (κ1) is 20.7. The van der Waals surface area contributed by atoms with Gasteiger partial charge in [0.25, 0.3) is 15.9 Å². The molecule has 0 radical (unpaired) electrons. The Hall–Kier alpha value is -3.03. The standard InChI is InChI=1S/C21H19ClN2O4S/c1-14-13-15(21(25)23-17-6-4-16(22)5-7-17)3-12-20(14)24-29(26,27)19-10-8-18(28-2)9-11-19/h3-13,24H,1-2H3,(H,23,25). The van der Waals surface area contributed by atoms with Gasteiger partial charge in [-0.2, -0.15) is 0 Å². The number of methoxy groups -OCH3 is 1. The van der Waals surface area contributed by atoms with Crippen molar-refractivity contribution >= 4 is 38.9 Å². The van der Waals surface area contributed by atoms with Gasteiger partial charge in [-0.25, -0.2) is 8.42 Å². The van der Waals surface area contributed by atoms with Gasteiger partial charge in [-0.15, -0.1) is 0 Å². The van der Waals surface area contributed by atoms with Gasteiger partial charge in [0, 0.05) is 16.3 Å². The molecule has 0 heterocycles. The Morgan fingerprint density at radius 1 is 0.966 bits per heavy atom. The zero-order valence-corrected chi connectivity index (χ0v) is 17.3. The van der Waals surface area contributed by atoms with Gasteiger partial charge in [0.1, 0.15) is 5.75 Å². The minimum absolute atomic E-state index is 0.113. The summed E-state index contributed by atoms with van der Waals surface area (Å²) in [4.78, 5) is 12.5. The predicted octanol–water partition coefficient (Wildman–Crippen LogP) is 4.71. The van der Waals surface area contributed by atoms with Crippen molar-refractivity contribution in [2.24, 2.45) is 0 Å². The van der Waals surface area contributed by atoms with Gasteiger partial charge in [-0.3, -0.25) is 9.52 Å². The summed E-state index contributed by atoms with van der Waals surface area (Å²) < 4.78 is 32.8. The Labute approximate surface area is 174 Å². The summed E-state index contributed by atoms with van der Waals surface area (Å²) >= 11 is 5.84. The van der Waals surface area contributed by atoms with Crippen molar-refractivity contribution in [2.75, 3.05) is 17.1 Å². The minimum Gasteiger partial charge on any atom is -0.497 e. The van der Waals surface area contributed by atoms with Gasteiger partial charge in [0.15, 0.2) is 0 Å². The molecule has 0 aliphatic heterocycles. The van der Waals surface area contributed by atoms with Crippen LogP contribution in [0, 0.1) is 6.92 Å². The van der Waals surface area contributed by atoms with Gasteiger partial charge in [-0.05, 0) is 79.2 Å². The third-order valence-corrected chi connectivity index (χ3v) is 5.84. The van der Waals surface area contributed by atoms with Gasteiger partial charge < -0.3 is 10.1 Å². The van der Waals surface area contributed by atoms with Gasteiger partial charge in [0.2, 0.25) is 0 Å². The van der Waals surface area contributed by atoms with Crippen molar-refractivity contribution in [1.82, 2.24) is 0 Å². The molecule has 0 aromatic heterocycles. The predicted molar refractivity (Wildman–Crippen MR) is 114 cm³/mol. The number of hydrogen-bond donors (Lipinski definition) is 2. The lowest BCUT2D eigenvalue weighted by atomic mass is 10.1. The number of amides is 1. The summed E-state index contributed by atoms with van der Waals surface area (Å²) in [6.45, 7) is 1.73. The number of aryl methyl sites for hydroxylation is 1. The van der Waals surface area contributed by atoms with E-state index >= 15 is 0 Å². The van der Waals surface area contributed by atoms with E-state index in [-0.39, 0.29) is 10.8 Å². The first-order valence-electron chi connectivity index (χ1n) is 8.63. The summed E-state index contributed by atoms with van der Waals surface area (Å²) in [5, 5.41) is 3.35. The summed E-state index contributed by atoms with van der Waals surface area (Å²) in [5.41, 5.74) is 2.03. The number of nitrogens with one attached hydrogen (secondary N) is 2. The van der Waals surface area contributed by atoms with E-state index < -0.39 is 10.0 Å². The monoisotopic (exact) mass is 430 g/mol. The van der Waals surface area contributed by atoms with Crippen LogP contribution in [0.1, 0.15) is 15.9 Å². The molecule has 0 saturated heterocycles. The first-order chi connectivity index (χ1) is 13.8. The van der Waals surface area contributed by atoms with Crippen LogP contribution in [-0.4, -0.2) is 21.4 Å². The lowest BCUT2D eigenvalue weighted by Gasteiger charge is -2.12. The fourth-order valence-corrected chi connectivity index (χ4v) is 3.87. The molecule has 3 rings (SSSR count). The minimum atomic E-state index is -3.77. The molecule has 2 N–H and O–H groups in total. The van der Waals surface area contributed by atoms with Crippen LogP contribution in [0.2, 0.25) is 5.02 Å². The average Bonchev–Trinajstić information content (AvgIpc) is 2.71. The molecule has 0 bridgehead atoms. The van der Waals surface area contributed by atoms with E-state index in [9.17, 15) is 13.2 Å². The maximum atomic E-state index is 12.6. The molecule has 150 valence electrons. The van der Waals surface area contributed by atoms with E-state index in [1.165, 1.54) is 19.2 Å². The van der Waals surface area contributed by atoms with Crippen molar-refractivity contribution in [3.8, 4) is 5.75 Å². The molecule has 0 aliphatic carbocycles. The van der Waals surface area contributed by atoms with Crippen LogP contribution in [0.15, 0.2) is 71.6 Å². The van der Waals surface area contributed by atoms with Crippen LogP contribution in [-0.2, 0) is 10.0 Å². The first-order valence-corrected chi connectivity index (χ1v) is 10.5. The second-order valence-electron chi connectivity index (χ2n) is 6.27. The molecule has 0 spiro atoms. The Morgan fingerprint density at radius 3 is 2.21 bits per heavy atom. The highest BCUT2D eigenvalue weighted by Gasteiger charge is 2.16. The van der Waals surface area contributed by atoms with Gasteiger partial charge in [0.05, 0.1) is 17.7 Å². The van der Waals surface area contributed by atoms with Crippen molar-refractivity contribution < 1.29 is 17.9 Å². The van der Waals surface area contributed by atoms with Crippen LogP contribution < -0.4 is 14.8 Å². The normalized spacial score (nSPS) is 11.0. The molecule has 6 nitrogen and oxygen atoms in total. The Morgan fingerprint density at radius 2 is 1.62 bits per heavy atom. The van der Waals surface area contributed by atoms with Gasteiger partial charge >= 0.3 is 0 Å². The molecule has 0 saturated carbocycles. The molecule has 3 aromatic carbocycles. The molecule has 29 heavy (non-hydrogen) atoms. The Balaban J connectivity index is 1.76. The lowest BCUT2D eigenvalue weighted by Crippen LogP contribution is -2.15. The number of carbonyl (C=O) groups is 1. The van der Waals surface area contributed by atoms with E-state index in [1.807, 2.05) is 0 Å². The fourth-order valence-electron chi connectivity index (χ4n) is 2.61. The van der Waals surface area contributed by atoms with Crippen LogP contribution in [0.3, 0.4) is 0 Å². The number of rotatable bonds is 6. The van der Waals surface area contributed by atoms with E-state index in [2.05, 4.69) is 10.0 Å². The summed E-state index contributed by atoms with van der Waals surface area (Å²) in [6, 6.07) is 17.6. The smallest absolute Gasteiger partial charge is 0.261 e. The molecule has 8 heteroatoms. The number of halogens is 1. The quantitative estimate of drug-likeness (QED) is 0.593. The third-order valence-electron chi connectivity index (χ3n) is 4.20. The largest absolute Gasteiger partial charge is 0.497 e. The van der Waals surface area contributed by atoms with Crippen LogP contribution in [0.4, 0.5) is 11.4 Å². The lowest BCUT2D eigenvalue weighted by molar-refractivity contribution is 0.102. The summed E-state index contributed by atoms with van der Waals surface area (Å²) in [7, 11) is -2.26. The molecule has 0 unspecified atom stereocenters. The second kappa shape index (κ2) is 8.55. The van der Waals surface area contributed by atoms with E-state index in [1.54, 1.807) is 61.5 Å². The summed E-state index contributed by atoms with van der Waals surface area (Å²) in [5.74, 6) is 0.260. The van der Waals surface area contributed by atoms with Crippen molar-refractivity contribution in [3.63, 3.8) is 0 Å². The second-order valence-corrected chi connectivity index (χ2v) is 8.39. The maximum absolute atomic E-state index is 12.6. The highest BCUT2D eigenvalue weighted by Crippen LogP contribution is 2.23. The summed E-state index contributed by atoms with van der Waals surface area (Å²) in [6.07, 6.45) is 0. The van der Waals surface area contributed by atoms with E-state index in [0.29, 0.717) is 33.3 Å². The van der Waals surface area contributed by atoms with Crippen molar-refractivity contribution in [2.45, 2.75) is 11.8 Å². The highest BCUT2D eigenvalue weighted by atomic mass is 35.5. The highest BCUT2D eigenvalue weighted by molar-refractivity contribution is 7.92. The van der Waals surface area contributed by atoms with Crippen molar-refractivity contribution in [1.29, 1.82) is 0 Å². The topological polar surface area (TPSA) is 84.5 Å². The van der Waals surface area contributed by atoms with Crippen LogP contribution in [0.5, 0.6) is 5.75 Å². The molecule has 0 fully saturated rings.